The zero-order valence-corrected chi connectivity index (χ0v) is 10.8. The van der Waals surface area contributed by atoms with Crippen molar-refractivity contribution in [1.82, 2.24) is 5.32 Å². The number of rotatable bonds is 3. The first-order valence-corrected chi connectivity index (χ1v) is 5.68. The molecule has 1 amide bonds. The molecule has 0 heterocycles. The molecular weight excluding hydrogens is 216 g/mol. The summed E-state index contributed by atoms with van der Waals surface area (Å²) < 4.78 is 5.14. The molecule has 1 aromatic rings. The van der Waals surface area contributed by atoms with E-state index < -0.39 is 6.09 Å². The summed E-state index contributed by atoms with van der Waals surface area (Å²) in [5, 5.41) is 2.43. The van der Waals surface area contributed by atoms with Crippen molar-refractivity contribution in [2.24, 2.45) is 0 Å². The molecule has 1 rings (SSSR count). The molecule has 0 fully saturated rings. The fourth-order valence-electron chi connectivity index (χ4n) is 1.88. The van der Waals surface area contributed by atoms with Gasteiger partial charge in [-0.1, -0.05) is 6.07 Å². The van der Waals surface area contributed by atoms with Gasteiger partial charge >= 0.3 is 6.09 Å². The molecule has 0 spiro atoms. The van der Waals surface area contributed by atoms with E-state index in [1.807, 2.05) is 26.8 Å². The summed E-state index contributed by atoms with van der Waals surface area (Å²) >= 11 is 0. The van der Waals surface area contributed by atoms with Gasteiger partial charge in [-0.2, -0.15) is 0 Å². The Hall–Kier alpha value is -1.71. The second-order valence-electron chi connectivity index (χ2n) is 4.32. The quantitative estimate of drug-likeness (QED) is 0.790. The van der Waals surface area contributed by atoms with Gasteiger partial charge in [-0.05, 0) is 43.5 Å². The fourth-order valence-corrected chi connectivity index (χ4v) is 1.88. The van der Waals surface area contributed by atoms with Crippen molar-refractivity contribution in [2.75, 3.05) is 12.8 Å². The van der Waals surface area contributed by atoms with Gasteiger partial charge in [0.1, 0.15) is 6.10 Å². The van der Waals surface area contributed by atoms with Crippen LogP contribution in [0, 0.1) is 13.8 Å². The number of alkyl carbamates (subject to hydrolysis) is 1. The Morgan fingerprint density at radius 1 is 1.47 bits per heavy atom. The molecule has 1 atom stereocenters. The largest absolute Gasteiger partial charge is 0.446 e. The number of nitrogens with two attached hydrogens (primary N) is 1. The van der Waals surface area contributed by atoms with E-state index >= 15 is 0 Å². The molecule has 0 aliphatic heterocycles. The predicted molar refractivity (Wildman–Crippen MR) is 69.0 cm³/mol. The number of carbonyl (C=O) groups is 1. The van der Waals surface area contributed by atoms with Crippen molar-refractivity contribution >= 4 is 11.8 Å². The number of nitrogen functional groups attached to an aromatic ring is 1. The molecule has 0 bridgehead atoms. The van der Waals surface area contributed by atoms with Gasteiger partial charge in [0, 0.05) is 19.2 Å². The third kappa shape index (κ3) is 3.66. The monoisotopic (exact) mass is 236 g/mol. The van der Waals surface area contributed by atoms with E-state index in [2.05, 4.69) is 11.4 Å². The second kappa shape index (κ2) is 5.57. The molecule has 94 valence electrons. The molecule has 0 saturated heterocycles. The van der Waals surface area contributed by atoms with Gasteiger partial charge in [0.05, 0.1) is 0 Å². The highest BCUT2D eigenvalue weighted by Crippen LogP contribution is 2.21. The summed E-state index contributed by atoms with van der Waals surface area (Å²) in [4.78, 5) is 11.1. The Morgan fingerprint density at radius 3 is 2.65 bits per heavy atom. The Balaban J connectivity index is 2.78. The van der Waals surface area contributed by atoms with Gasteiger partial charge in [-0.25, -0.2) is 4.79 Å². The van der Waals surface area contributed by atoms with Crippen molar-refractivity contribution in [1.29, 1.82) is 0 Å². The number of hydrogen-bond acceptors (Lipinski definition) is 3. The normalized spacial score (nSPS) is 12.0. The highest BCUT2D eigenvalue weighted by Gasteiger charge is 2.12. The van der Waals surface area contributed by atoms with Crippen LogP contribution in [-0.4, -0.2) is 19.2 Å². The molecular formula is C13H20N2O2. The molecule has 0 radical (unpaired) electrons. The molecule has 0 aliphatic rings. The molecule has 0 aliphatic carbocycles. The minimum Gasteiger partial charge on any atom is -0.446 e. The molecule has 4 nitrogen and oxygen atoms in total. The number of ether oxygens (including phenoxy) is 1. The van der Waals surface area contributed by atoms with Crippen molar-refractivity contribution in [3.05, 3.63) is 28.8 Å². The third-order valence-electron chi connectivity index (χ3n) is 2.66. The predicted octanol–water partition coefficient (Wildman–Crippen LogP) is 2.17. The van der Waals surface area contributed by atoms with Crippen molar-refractivity contribution in [3.8, 4) is 0 Å². The number of hydrogen-bond donors (Lipinski definition) is 2. The van der Waals surface area contributed by atoms with Gasteiger partial charge in [-0.3, -0.25) is 0 Å². The maximum Gasteiger partial charge on any atom is 0.407 e. The zero-order chi connectivity index (χ0) is 13.0. The van der Waals surface area contributed by atoms with Crippen LogP contribution in [-0.2, 0) is 11.2 Å². The van der Waals surface area contributed by atoms with Crippen LogP contribution in [0.25, 0.3) is 0 Å². The Labute approximate surface area is 102 Å². The zero-order valence-electron chi connectivity index (χ0n) is 10.8. The van der Waals surface area contributed by atoms with Gasteiger partial charge < -0.3 is 15.8 Å². The first-order valence-electron chi connectivity index (χ1n) is 5.68. The molecule has 0 aromatic heterocycles. The number of benzene rings is 1. The summed E-state index contributed by atoms with van der Waals surface area (Å²) in [6.07, 6.45) is 0.0187. The minimum absolute atomic E-state index is 0.196. The summed E-state index contributed by atoms with van der Waals surface area (Å²) in [6, 6.07) is 4.02. The molecule has 1 aromatic carbocycles. The van der Waals surface area contributed by atoms with E-state index in [-0.39, 0.29) is 6.10 Å². The first-order chi connectivity index (χ1) is 7.93. The van der Waals surface area contributed by atoms with Gasteiger partial charge in [0.15, 0.2) is 0 Å². The SMILES string of the molecule is CNC(=O)OC(C)Cc1c(C)cc(C)cc1N. The lowest BCUT2D eigenvalue weighted by atomic mass is 9.99. The van der Waals surface area contributed by atoms with Crippen LogP contribution in [0.4, 0.5) is 10.5 Å². The highest BCUT2D eigenvalue weighted by molar-refractivity contribution is 5.67. The Bertz CT molecular complexity index is 393. The standard InChI is InChI=1S/C13H20N2O2/c1-8-5-9(2)11(12(14)6-8)7-10(3)17-13(16)15-4/h5-6,10H,7,14H2,1-4H3,(H,15,16). The second-order valence-corrected chi connectivity index (χ2v) is 4.32. The molecule has 0 saturated carbocycles. The maximum atomic E-state index is 11.1. The van der Waals surface area contributed by atoms with Crippen molar-refractivity contribution in [3.63, 3.8) is 0 Å². The van der Waals surface area contributed by atoms with Crippen molar-refractivity contribution in [2.45, 2.75) is 33.3 Å². The van der Waals surface area contributed by atoms with Crippen LogP contribution >= 0.6 is 0 Å². The average molecular weight is 236 g/mol. The number of nitrogens with one attached hydrogen (secondary N) is 1. The summed E-state index contributed by atoms with van der Waals surface area (Å²) in [6.45, 7) is 5.89. The lowest BCUT2D eigenvalue weighted by Crippen LogP contribution is -2.25. The Kier molecular flexibility index (Phi) is 4.37. The van der Waals surface area contributed by atoms with Crippen LogP contribution in [0.3, 0.4) is 0 Å². The van der Waals surface area contributed by atoms with Crippen LogP contribution in [0.2, 0.25) is 0 Å². The smallest absolute Gasteiger partial charge is 0.407 e. The molecule has 4 heteroatoms. The van der Waals surface area contributed by atoms with E-state index in [1.165, 1.54) is 0 Å². The number of amides is 1. The van der Waals surface area contributed by atoms with Crippen LogP contribution < -0.4 is 11.1 Å². The third-order valence-corrected chi connectivity index (χ3v) is 2.66. The first kappa shape index (κ1) is 13.4. The number of anilines is 1. The lowest BCUT2D eigenvalue weighted by Gasteiger charge is -2.16. The average Bonchev–Trinajstić information content (AvgIpc) is 2.23. The molecule has 17 heavy (non-hydrogen) atoms. The molecule has 3 N–H and O–H groups in total. The van der Waals surface area contributed by atoms with E-state index in [0.717, 1.165) is 22.4 Å². The van der Waals surface area contributed by atoms with E-state index in [1.54, 1.807) is 7.05 Å². The van der Waals surface area contributed by atoms with Crippen LogP contribution in [0.1, 0.15) is 23.6 Å². The van der Waals surface area contributed by atoms with Crippen LogP contribution in [0.5, 0.6) is 0 Å². The topological polar surface area (TPSA) is 64.3 Å². The van der Waals surface area contributed by atoms with E-state index in [4.69, 9.17) is 10.5 Å². The summed E-state index contributed by atoms with van der Waals surface area (Å²) in [5.41, 5.74) is 10.1. The molecule has 1 unspecified atom stereocenters. The van der Waals surface area contributed by atoms with Gasteiger partial charge in [0.25, 0.3) is 0 Å². The van der Waals surface area contributed by atoms with E-state index in [0.29, 0.717) is 6.42 Å². The van der Waals surface area contributed by atoms with E-state index in [9.17, 15) is 4.79 Å². The number of carbonyl (C=O) groups excluding carboxylic acids is 1. The lowest BCUT2D eigenvalue weighted by molar-refractivity contribution is 0.109. The number of aryl methyl sites for hydroxylation is 2. The highest BCUT2D eigenvalue weighted by atomic mass is 16.6. The summed E-state index contributed by atoms with van der Waals surface area (Å²) in [5.74, 6) is 0. The fraction of sp³-hybridized carbons (Fsp3) is 0.462. The van der Waals surface area contributed by atoms with Crippen LogP contribution in [0.15, 0.2) is 12.1 Å². The summed E-state index contributed by atoms with van der Waals surface area (Å²) in [7, 11) is 1.54. The van der Waals surface area contributed by atoms with Gasteiger partial charge in [-0.15, -0.1) is 0 Å². The Morgan fingerprint density at radius 2 is 2.12 bits per heavy atom. The van der Waals surface area contributed by atoms with Gasteiger partial charge in [0.2, 0.25) is 0 Å². The van der Waals surface area contributed by atoms with Crippen molar-refractivity contribution < 1.29 is 9.53 Å². The maximum absolute atomic E-state index is 11.1. The minimum atomic E-state index is -0.416.